The molecule has 0 spiro atoms. The van der Waals surface area contributed by atoms with Crippen LogP contribution in [0.4, 0.5) is 0 Å². The number of hydrogen-bond acceptors (Lipinski definition) is 6. The van der Waals surface area contributed by atoms with Crippen LogP contribution in [0.1, 0.15) is 40.3 Å². The van der Waals surface area contributed by atoms with Crippen LogP contribution < -0.4 is 0 Å². The number of likely N-dealkylation sites (tertiary alicyclic amines) is 1. The SMILES string of the molecule is Cc1noc(C2CCN(C(=O)c3cc(-c4ccc(C)o4)[nH]n3)C2)n1. The van der Waals surface area contributed by atoms with Gasteiger partial charge in [0.1, 0.15) is 11.5 Å². The monoisotopic (exact) mass is 327 g/mol. The molecule has 0 aliphatic carbocycles. The second-order valence-electron chi connectivity index (χ2n) is 5.99. The fraction of sp³-hybridized carbons (Fsp3) is 0.375. The van der Waals surface area contributed by atoms with Gasteiger partial charge in [-0.3, -0.25) is 9.89 Å². The highest BCUT2D eigenvalue weighted by molar-refractivity contribution is 5.93. The zero-order chi connectivity index (χ0) is 16.7. The molecule has 1 fully saturated rings. The molecule has 1 aliphatic rings. The number of amides is 1. The van der Waals surface area contributed by atoms with E-state index in [2.05, 4.69) is 20.3 Å². The third-order valence-electron chi connectivity index (χ3n) is 4.17. The van der Waals surface area contributed by atoms with Gasteiger partial charge in [-0.1, -0.05) is 5.16 Å². The molecule has 1 saturated heterocycles. The first-order valence-electron chi connectivity index (χ1n) is 7.82. The quantitative estimate of drug-likeness (QED) is 0.792. The standard InChI is InChI=1S/C16H17N5O3/c1-9-3-4-14(23-9)12-7-13(19-18-12)16(22)21-6-5-11(8-21)15-17-10(2)20-24-15/h3-4,7,11H,5-6,8H2,1-2H3,(H,18,19). The fourth-order valence-corrected chi connectivity index (χ4v) is 2.92. The summed E-state index contributed by atoms with van der Waals surface area (Å²) in [5, 5.41) is 10.8. The molecular weight excluding hydrogens is 310 g/mol. The van der Waals surface area contributed by atoms with Gasteiger partial charge in [0.2, 0.25) is 5.89 Å². The number of carbonyl (C=O) groups excluding carboxylic acids is 1. The number of carbonyl (C=O) groups is 1. The minimum absolute atomic E-state index is 0.0845. The van der Waals surface area contributed by atoms with Gasteiger partial charge in [-0.05, 0) is 32.4 Å². The van der Waals surface area contributed by atoms with Crippen molar-refractivity contribution < 1.29 is 13.7 Å². The van der Waals surface area contributed by atoms with Crippen LogP contribution in [0.25, 0.3) is 11.5 Å². The summed E-state index contributed by atoms with van der Waals surface area (Å²) >= 11 is 0. The second kappa shape index (κ2) is 5.63. The highest BCUT2D eigenvalue weighted by Crippen LogP contribution is 2.27. The number of aryl methyl sites for hydroxylation is 2. The molecule has 4 rings (SSSR count). The normalized spacial score (nSPS) is 17.6. The lowest BCUT2D eigenvalue weighted by Crippen LogP contribution is -2.28. The first kappa shape index (κ1) is 14.7. The second-order valence-corrected chi connectivity index (χ2v) is 5.99. The van der Waals surface area contributed by atoms with E-state index in [0.717, 1.165) is 12.2 Å². The van der Waals surface area contributed by atoms with Crippen LogP contribution in [0.3, 0.4) is 0 Å². The zero-order valence-electron chi connectivity index (χ0n) is 13.4. The Morgan fingerprint density at radius 3 is 2.96 bits per heavy atom. The first-order chi connectivity index (χ1) is 11.6. The molecule has 4 heterocycles. The summed E-state index contributed by atoms with van der Waals surface area (Å²) < 4.78 is 10.8. The van der Waals surface area contributed by atoms with E-state index in [0.29, 0.717) is 42.0 Å². The molecule has 0 radical (unpaired) electrons. The summed E-state index contributed by atoms with van der Waals surface area (Å²) in [6.07, 6.45) is 0.808. The van der Waals surface area contributed by atoms with Crippen LogP contribution in [0.5, 0.6) is 0 Å². The van der Waals surface area contributed by atoms with Crippen LogP contribution in [0.2, 0.25) is 0 Å². The van der Waals surface area contributed by atoms with Crippen molar-refractivity contribution in [2.24, 2.45) is 0 Å². The minimum atomic E-state index is -0.112. The predicted octanol–water partition coefficient (Wildman–Crippen LogP) is 2.30. The maximum atomic E-state index is 12.6. The molecule has 0 aromatic carbocycles. The summed E-state index contributed by atoms with van der Waals surface area (Å²) in [5.41, 5.74) is 1.07. The van der Waals surface area contributed by atoms with Crippen LogP contribution in [0, 0.1) is 13.8 Å². The van der Waals surface area contributed by atoms with Crippen LogP contribution in [-0.2, 0) is 0 Å². The van der Waals surface area contributed by atoms with Crippen molar-refractivity contribution in [1.82, 2.24) is 25.2 Å². The van der Waals surface area contributed by atoms with Crippen molar-refractivity contribution in [2.45, 2.75) is 26.2 Å². The Kier molecular flexibility index (Phi) is 3.44. The maximum absolute atomic E-state index is 12.6. The molecule has 8 nitrogen and oxygen atoms in total. The molecule has 24 heavy (non-hydrogen) atoms. The molecule has 0 bridgehead atoms. The van der Waals surface area contributed by atoms with Gasteiger partial charge in [0.15, 0.2) is 17.3 Å². The molecule has 124 valence electrons. The molecule has 1 unspecified atom stereocenters. The summed E-state index contributed by atoms with van der Waals surface area (Å²) in [5.74, 6) is 2.65. The lowest BCUT2D eigenvalue weighted by molar-refractivity contribution is 0.0783. The molecular formula is C16H17N5O3. The van der Waals surface area contributed by atoms with E-state index in [1.54, 1.807) is 17.9 Å². The molecule has 1 amide bonds. The molecule has 1 atom stereocenters. The van der Waals surface area contributed by atoms with Crippen molar-refractivity contribution in [1.29, 1.82) is 0 Å². The van der Waals surface area contributed by atoms with Gasteiger partial charge in [0, 0.05) is 19.2 Å². The first-order valence-corrected chi connectivity index (χ1v) is 7.82. The third-order valence-corrected chi connectivity index (χ3v) is 4.17. The molecule has 8 heteroatoms. The molecule has 3 aromatic heterocycles. The van der Waals surface area contributed by atoms with Crippen molar-refractivity contribution in [2.75, 3.05) is 13.1 Å². The fourth-order valence-electron chi connectivity index (χ4n) is 2.92. The van der Waals surface area contributed by atoms with E-state index in [1.807, 2.05) is 19.1 Å². The van der Waals surface area contributed by atoms with Crippen molar-refractivity contribution in [3.63, 3.8) is 0 Å². The van der Waals surface area contributed by atoms with Crippen LogP contribution in [-0.4, -0.2) is 44.2 Å². The smallest absolute Gasteiger partial charge is 0.274 e. The number of nitrogens with zero attached hydrogens (tertiary/aromatic N) is 4. The average Bonchev–Trinajstić information content (AvgIpc) is 3.33. The van der Waals surface area contributed by atoms with Gasteiger partial charge in [-0.2, -0.15) is 10.1 Å². The Labute approximate surface area is 137 Å². The number of H-pyrrole nitrogens is 1. The highest BCUT2D eigenvalue weighted by Gasteiger charge is 2.32. The highest BCUT2D eigenvalue weighted by atomic mass is 16.5. The lowest BCUT2D eigenvalue weighted by Gasteiger charge is -2.13. The maximum Gasteiger partial charge on any atom is 0.274 e. The minimum Gasteiger partial charge on any atom is -0.460 e. The largest absolute Gasteiger partial charge is 0.460 e. The molecule has 1 N–H and O–H groups in total. The van der Waals surface area contributed by atoms with Gasteiger partial charge in [0.05, 0.1) is 5.92 Å². The number of aromatic amines is 1. The van der Waals surface area contributed by atoms with Gasteiger partial charge in [0.25, 0.3) is 5.91 Å². The Morgan fingerprint density at radius 2 is 2.25 bits per heavy atom. The topological polar surface area (TPSA) is 101 Å². The number of rotatable bonds is 3. The number of aromatic nitrogens is 4. The van der Waals surface area contributed by atoms with E-state index in [1.165, 1.54) is 0 Å². The van der Waals surface area contributed by atoms with Gasteiger partial charge in [-0.25, -0.2) is 0 Å². The van der Waals surface area contributed by atoms with Crippen molar-refractivity contribution >= 4 is 5.91 Å². The number of hydrogen-bond donors (Lipinski definition) is 1. The Hall–Kier alpha value is -2.90. The third kappa shape index (κ3) is 2.60. The van der Waals surface area contributed by atoms with E-state index in [9.17, 15) is 4.79 Å². The van der Waals surface area contributed by atoms with Crippen molar-refractivity contribution in [3.8, 4) is 11.5 Å². The average molecular weight is 327 g/mol. The summed E-state index contributed by atoms with van der Waals surface area (Å²) in [7, 11) is 0. The Bertz CT molecular complexity index is 878. The number of furan rings is 1. The molecule has 0 saturated carbocycles. The van der Waals surface area contributed by atoms with E-state index in [-0.39, 0.29) is 11.8 Å². The van der Waals surface area contributed by atoms with Crippen LogP contribution >= 0.6 is 0 Å². The number of nitrogens with one attached hydrogen (secondary N) is 1. The summed E-state index contributed by atoms with van der Waals surface area (Å²) in [4.78, 5) is 18.6. The van der Waals surface area contributed by atoms with E-state index >= 15 is 0 Å². The van der Waals surface area contributed by atoms with E-state index in [4.69, 9.17) is 8.94 Å². The summed E-state index contributed by atoms with van der Waals surface area (Å²) in [6, 6.07) is 5.43. The Balaban J connectivity index is 1.47. The Morgan fingerprint density at radius 1 is 1.38 bits per heavy atom. The zero-order valence-corrected chi connectivity index (χ0v) is 13.4. The molecule has 3 aromatic rings. The van der Waals surface area contributed by atoms with Gasteiger partial charge in [-0.15, -0.1) is 0 Å². The van der Waals surface area contributed by atoms with Crippen LogP contribution in [0.15, 0.2) is 27.1 Å². The van der Waals surface area contributed by atoms with Gasteiger partial charge >= 0.3 is 0 Å². The summed E-state index contributed by atoms with van der Waals surface area (Å²) in [6.45, 7) is 4.86. The van der Waals surface area contributed by atoms with Crippen molar-refractivity contribution in [3.05, 3.63) is 41.4 Å². The lowest BCUT2D eigenvalue weighted by atomic mass is 10.1. The predicted molar refractivity (Wildman–Crippen MR) is 83.3 cm³/mol. The molecule has 1 aliphatic heterocycles. The van der Waals surface area contributed by atoms with Gasteiger partial charge < -0.3 is 13.8 Å². The van der Waals surface area contributed by atoms with E-state index < -0.39 is 0 Å².